The van der Waals surface area contributed by atoms with Crippen LogP contribution in [-0.4, -0.2) is 81.2 Å². The molecule has 0 amide bonds. The molecule has 0 bridgehead atoms. The van der Waals surface area contributed by atoms with Gasteiger partial charge in [0.2, 0.25) is 0 Å². The summed E-state index contributed by atoms with van der Waals surface area (Å²) < 4.78 is 18.3. The molecule has 9 nitrogen and oxygen atoms in total. The van der Waals surface area contributed by atoms with Crippen LogP contribution in [0.1, 0.15) is 120 Å². The number of fused-ring (bicyclic) bond motifs is 9. The first-order valence-electron chi connectivity index (χ1n) is 19.2. The van der Waals surface area contributed by atoms with Crippen LogP contribution in [0.25, 0.3) is 0 Å². The topological polar surface area (TPSA) is 143 Å². The minimum absolute atomic E-state index is 0.00631. The van der Waals surface area contributed by atoms with Gasteiger partial charge in [-0.3, -0.25) is 4.79 Å². The van der Waals surface area contributed by atoms with E-state index in [0.717, 1.165) is 64.2 Å². The lowest BCUT2D eigenvalue weighted by atomic mass is 9.33. The van der Waals surface area contributed by atoms with Crippen LogP contribution < -0.4 is 0 Å². The molecule has 6 fully saturated rings. The van der Waals surface area contributed by atoms with E-state index < -0.39 is 59.6 Å². The van der Waals surface area contributed by atoms with Gasteiger partial charge in [0.1, 0.15) is 24.4 Å². The highest BCUT2D eigenvalue weighted by Crippen LogP contribution is 2.76. The molecule has 0 aromatic carbocycles. The number of aliphatic hydroxyl groups is 3. The van der Waals surface area contributed by atoms with Crippen LogP contribution in [0.3, 0.4) is 0 Å². The molecule has 2 aliphatic heterocycles. The summed E-state index contributed by atoms with van der Waals surface area (Å²) in [6.45, 7) is 18.3. The number of rotatable bonds is 5. The maximum atomic E-state index is 13.0. The van der Waals surface area contributed by atoms with Crippen LogP contribution in [0, 0.1) is 56.7 Å². The Kier molecular flexibility index (Phi) is 8.41. The summed E-state index contributed by atoms with van der Waals surface area (Å²) >= 11 is 0. The minimum atomic E-state index is -1.59. The molecule has 4 saturated carbocycles. The first kappa shape index (κ1) is 35.9. The Bertz CT molecular complexity index is 1390. The zero-order chi connectivity index (χ0) is 35.7. The van der Waals surface area contributed by atoms with Crippen LogP contribution in [0.5, 0.6) is 0 Å². The molecule has 0 spiro atoms. The molecular weight excluding hydrogens is 624 g/mol. The molecule has 0 radical (unpaired) electrons. The monoisotopic (exact) mass is 686 g/mol. The number of carbonyl (C=O) groups is 2. The molecule has 4 N–H and O–H groups in total. The Labute approximate surface area is 292 Å². The van der Waals surface area contributed by atoms with Crippen molar-refractivity contribution in [1.29, 1.82) is 0 Å². The van der Waals surface area contributed by atoms with Crippen LogP contribution in [0.4, 0.5) is 0 Å². The van der Waals surface area contributed by atoms with E-state index >= 15 is 0 Å². The third-order valence-electron chi connectivity index (χ3n) is 16.3. The summed E-state index contributed by atoms with van der Waals surface area (Å²) in [4.78, 5) is 25.9. The first-order chi connectivity index (χ1) is 22.8. The van der Waals surface area contributed by atoms with Gasteiger partial charge in [0.15, 0.2) is 6.10 Å². The highest BCUT2D eigenvalue weighted by molar-refractivity contribution is 5.77. The predicted molar refractivity (Wildman–Crippen MR) is 182 cm³/mol. The highest BCUT2D eigenvalue weighted by atomic mass is 16.6. The fourth-order valence-corrected chi connectivity index (χ4v) is 13.3. The summed E-state index contributed by atoms with van der Waals surface area (Å²) in [5.41, 5.74) is 0.455. The van der Waals surface area contributed by atoms with E-state index in [9.17, 15) is 30.0 Å². The van der Waals surface area contributed by atoms with Gasteiger partial charge in [-0.1, -0.05) is 60.1 Å². The van der Waals surface area contributed by atoms with E-state index in [2.05, 4.69) is 47.6 Å². The summed E-state index contributed by atoms with van der Waals surface area (Å²) in [6, 6.07) is 0. The van der Waals surface area contributed by atoms with E-state index in [4.69, 9.17) is 14.2 Å². The number of carboxylic acids is 1. The summed E-state index contributed by atoms with van der Waals surface area (Å²) in [5, 5.41) is 43.3. The number of hydrogen-bond acceptors (Lipinski definition) is 8. The second-order valence-corrected chi connectivity index (χ2v) is 19.6. The maximum Gasteiger partial charge on any atom is 0.338 e. The van der Waals surface area contributed by atoms with Gasteiger partial charge >= 0.3 is 11.9 Å². The standard InChI is InChI=1S/C40H62O9/c1-21(2)20-47-33(44)32-29(43)27(41)28(42)31(48-32)30-23-11-13-36(5)25-10-9-22-24-19-35(3,4)15-17-40(24,34(45)46)18-16-37(22,6)38(25,7)14-12-26(36)39(23,8)49-30/h9,21,23-32,41-43H,10-20H2,1-8H3,(H,45,46)/t23-,24?,25?,26?,27?,28?,29+,30-,31-,32?,36-,37-,38-,39-,40+/m1/s1. The van der Waals surface area contributed by atoms with Crippen molar-refractivity contribution < 1.29 is 44.2 Å². The average molecular weight is 687 g/mol. The van der Waals surface area contributed by atoms with Crippen molar-refractivity contribution in [1.82, 2.24) is 0 Å². The number of allylic oxidation sites excluding steroid dienone is 2. The molecule has 49 heavy (non-hydrogen) atoms. The molecule has 5 aliphatic carbocycles. The zero-order valence-corrected chi connectivity index (χ0v) is 31.0. The van der Waals surface area contributed by atoms with Gasteiger partial charge in [0.25, 0.3) is 0 Å². The van der Waals surface area contributed by atoms with Crippen LogP contribution in [0.15, 0.2) is 11.6 Å². The van der Waals surface area contributed by atoms with Crippen molar-refractivity contribution in [3.8, 4) is 0 Å². The molecular formula is C40H62O9. The molecule has 276 valence electrons. The second kappa shape index (κ2) is 11.5. The van der Waals surface area contributed by atoms with Gasteiger partial charge in [-0.2, -0.15) is 0 Å². The lowest BCUT2D eigenvalue weighted by Gasteiger charge is -2.74. The van der Waals surface area contributed by atoms with Gasteiger partial charge in [0.05, 0.1) is 23.7 Å². The second-order valence-electron chi connectivity index (χ2n) is 19.6. The van der Waals surface area contributed by atoms with Gasteiger partial charge in [0, 0.05) is 5.92 Å². The van der Waals surface area contributed by atoms with Crippen LogP contribution >= 0.6 is 0 Å². The van der Waals surface area contributed by atoms with Gasteiger partial charge < -0.3 is 34.6 Å². The van der Waals surface area contributed by atoms with Crippen LogP contribution in [0.2, 0.25) is 0 Å². The van der Waals surface area contributed by atoms with Crippen molar-refractivity contribution in [2.75, 3.05) is 6.61 Å². The summed E-state index contributed by atoms with van der Waals surface area (Å²) in [7, 11) is 0. The van der Waals surface area contributed by atoms with Crippen molar-refractivity contribution >= 4 is 11.9 Å². The van der Waals surface area contributed by atoms with Crippen molar-refractivity contribution in [2.45, 2.75) is 162 Å². The van der Waals surface area contributed by atoms with Gasteiger partial charge in [-0.25, -0.2) is 4.79 Å². The van der Waals surface area contributed by atoms with Crippen LogP contribution in [-0.2, 0) is 23.8 Å². The third-order valence-corrected chi connectivity index (χ3v) is 16.3. The number of carbonyl (C=O) groups excluding carboxylic acids is 1. The van der Waals surface area contributed by atoms with E-state index in [0.29, 0.717) is 5.92 Å². The number of esters is 1. The fourth-order valence-electron chi connectivity index (χ4n) is 13.3. The van der Waals surface area contributed by atoms with Crippen molar-refractivity contribution in [3.63, 3.8) is 0 Å². The molecule has 9 heteroatoms. The fraction of sp³-hybridized carbons (Fsp3) is 0.900. The van der Waals surface area contributed by atoms with E-state index in [1.165, 1.54) is 5.57 Å². The zero-order valence-electron chi connectivity index (χ0n) is 31.0. The summed E-state index contributed by atoms with van der Waals surface area (Å²) in [6.07, 6.45) is 4.34. The SMILES string of the molecule is CC(C)COC(=O)C1O[C@@H]([C@@H]2O[C@@]3(C)C4CC[C@]5(C)C(CC=C6C7CC(C)(C)CC[C@]7(C(=O)O)CC[C@]65C)[C@@]4(C)CC[C@H]23)C(O)C(O)[C@@H]1O. The maximum absolute atomic E-state index is 13.0. The lowest BCUT2D eigenvalue weighted by Crippen LogP contribution is -2.76. The minimum Gasteiger partial charge on any atom is -0.481 e. The average Bonchev–Trinajstić information content (AvgIpc) is 3.01. The smallest absolute Gasteiger partial charge is 0.338 e. The van der Waals surface area contributed by atoms with E-state index in [-0.39, 0.29) is 51.9 Å². The molecule has 0 aromatic rings. The number of ether oxygens (including phenoxy) is 3. The number of hydrogen-bond donors (Lipinski definition) is 4. The number of aliphatic carboxylic acids is 1. The Morgan fingerprint density at radius 2 is 1.57 bits per heavy atom. The molecule has 7 rings (SSSR count). The summed E-state index contributed by atoms with van der Waals surface area (Å²) in [5.74, 6) is -0.368. The predicted octanol–water partition coefficient (Wildman–Crippen LogP) is 5.67. The largest absolute Gasteiger partial charge is 0.481 e. The van der Waals surface area contributed by atoms with Crippen molar-refractivity contribution in [3.05, 3.63) is 11.6 Å². The first-order valence-corrected chi connectivity index (χ1v) is 19.2. The Hall–Kier alpha value is -1.52. The third kappa shape index (κ3) is 4.87. The Balaban J connectivity index is 1.14. The van der Waals surface area contributed by atoms with E-state index in [1.807, 2.05) is 13.8 Å². The Morgan fingerprint density at radius 1 is 0.878 bits per heavy atom. The molecule has 2 heterocycles. The quantitative estimate of drug-likeness (QED) is 0.213. The Morgan fingerprint density at radius 3 is 2.24 bits per heavy atom. The molecule has 15 atom stereocenters. The number of aliphatic hydroxyl groups excluding tert-OH is 3. The van der Waals surface area contributed by atoms with E-state index in [1.54, 1.807) is 0 Å². The van der Waals surface area contributed by atoms with Crippen molar-refractivity contribution in [2.24, 2.45) is 56.7 Å². The molecule has 7 aliphatic rings. The lowest BCUT2D eigenvalue weighted by molar-refractivity contribution is -0.372. The molecule has 6 unspecified atom stereocenters. The molecule has 0 aromatic heterocycles. The number of carboxylic acid groups (broad SMARTS) is 1. The highest BCUT2D eigenvalue weighted by Gasteiger charge is 2.73. The normalized spacial score (nSPS) is 53.0. The van der Waals surface area contributed by atoms with Gasteiger partial charge in [-0.15, -0.1) is 0 Å². The van der Waals surface area contributed by atoms with Gasteiger partial charge in [-0.05, 0) is 116 Å². The molecule has 2 saturated heterocycles.